The summed E-state index contributed by atoms with van der Waals surface area (Å²) in [6, 6.07) is 0.342. The lowest BCUT2D eigenvalue weighted by atomic mass is 9.92. The Kier molecular flexibility index (Phi) is 3.02. The van der Waals surface area contributed by atoms with Crippen molar-refractivity contribution >= 4 is 5.78 Å². The van der Waals surface area contributed by atoms with E-state index in [4.69, 9.17) is 0 Å². The van der Waals surface area contributed by atoms with Gasteiger partial charge in [0.05, 0.1) is 11.8 Å². The maximum Gasteiger partial charge on any atom is 0.193 e. The Morgan fingerprint density at radius 1 is 1.53 bits per heavy atom. The van der Waals surface area contributed by atoms with Crippen LogP contribution in [0.4, 0.5) is 0 Å². The van der Waals surface area contributed by atoms with Crippen LogP contribution in [-0.4, -0.2) is 26.7 Å². The van der Waals surface area contributed by atoms with Crippen LogP contribution in [0.1, 0.15) is 72.6 Å². The Labute approximate surface area is 113 Å². The third-order valence-electron chi connectivity index (χ3n) is 4.56. The van der Waals surface area contributed by atoms with Crippen molar-refractivity contribution in [1.82, 2.24) is 4.57 Å². The second-order valence-corrected chi connectivity index (χ2v) is 5.75. The number of ketones is 1. The summed E-state index contributed by atoms with van der Waals surface area (Å²) in [5.41, 5.74) is 3.63. The molecular formula is C15H21NO3. The number of nitrogens with zero attached hydrogens (tertiary/aromatic N) is 1. The van der Waals surface area contributed by atoms with E-state index in [0.29, 0.717) is 18.0 Å². The molecule has 104 valence electrons. The highest BCUT2D eigenvalue weighted by atomic mass is 16.3. The Bertz CT molecular complexity index is 530. The molecule has 0 fully saturated rings. The van der Waals surface area contributed by atoms with Crippen molar-refractivity contribution in [3.8, 4) is 0 Å². The Morgan fingerprint density at radius 3 is 2.89 bits per heavy atom. The third-order valence-corrected chi connectivity index (χ3v) is 4.56. The van der Waals surface area contributed by atoms with Crippen molar-refractivity contribution in [2.24, 2.45) is 0 Å². The summed E-state index contributed by atoms with van der Waals surface area (Å²) in [4.78, 5) is 12.3. The van der Waals surface area contributed by atoms with E-state index in [2.05, 4.69) is 4.57 Å². The highest BCUT2D eigenvalue weighted by Gasteiger charge is 2.40. The molecule has 3 rings (SSSR count). The average molecular weight is 263 g/mol. The molecule has 0 spiro atoms. The molecule has 3 heterocycles. The molecule has 1 aromatic rings. The van der Waals surface area contributed by atoms with Gasteiger partial charge in [0.15, 0.2) is 5.78 Å². The standard InChI is InChI=1S/C15H21NO3/c1-3-10-11-6-4-5-9-7-12(18)14(16(9)11)13(10)15(19)8(2)17/h8-9,12,17-18H,3-7H2,1-2H3/t8-,9-,12+/m1/s1. The maximum atomic E-state index is 12.3. The van der Waals surface area contributed by atoms with Gasteiger partial charge in [-0.05, 0) is 44.6 Å². The number of carbonyl (C=O) groups excluding carboxylic acids is 1. The SMILES string of the molecule is CCc1c(C(=O)[C@@H](C)O)c2n3c1CCC[C@@H]3C[C@@H]2O. The molecule has 1 aromatic heterocycles. The van der Waals surface area contributed by atoms with E-state index in [-0.39, 0.29) is 5.78 Å². The van der Waals surface area contributed by atoms with E-state index in [0.717, 1.165) is 36.9 Å². The lowest BCUT2D eigenvalue weighted by Gasteiger charge is -2.23. The molecule has 3 atom stereocenters. The number of aromatic nitrogens is 1. The third kappa shape index (κ3) is 1.70. The molecule has 19 heavy (non-hydrogen) atoms. The van der Waals surface area contributed by atoms with Crippen molar-refractivity contribution < 1.29 is 15.0 Å². The van der Waals surface area contributed by atoms with Crippen LogP contribution in [0.15, 0.2) is 0 Å². The van der Waals surface area contributed by atoms with Gasteiger partial charge in [-0.15, -0.1) is 0 Å². The Balaban J connectivity index is 2.24. The smallest absolute Gasteiger partial charge is 0.193 e. The molecule has 0 saturated heterocycles. The minimum Gasteiger partial charge on any atom is -0.387 e. The number of hydrogen-bond acceptors (Lipinski definition) is 3. The fraction of sp³-hybridized carbons (Fsp3) is 0.667. The summed E-state index contributed by atoms with van der Waals surface area (Å²) in [5.74, 6) is -0.242. The molecule has 2 aliphatic rings. The molecule has 0 unspecified atom stereocenters. The first-order valence-corrected chi connectivity index (χ1v) is 7.22. The number of aliphatic hydroxyl groups is 2. The largest absolute Gasteiger partial charge is 0.387 e. The Hall–Kier alpha value is -1.13. The zero-order valence-electron chi connectivity index (χ0n) is 11.5. The van der Waals surface area contributed by atoms with Crippen LogP contribution in [-0.2, 0) is 12.8 Å². The zero-order chi connectivity index (χ0) is 13.7. The Morgan fingerprint density at radius 2 is 2.26 bits per heavy atom. The summed E-state index contributed by atoms with van der Waals surface area (Å²) in [7, 11) is 0. The molecule has 2 aliphatic heterocycles. The number of Topliss-reactive ketones (excluding diaryl/α,β-unsaturated/α-hetero) is 1. The van der Waals surface area contributed by atoms with Gasteiger partial charge < -0.3 is 14.8 Å². The average Bonchev–Trinajstić information content (AvgIpc) is 2.89. The van der Waals surface area contributed by atoms with Gasteiger partial charge in [0.25, 0.3) is 0 Å². The molecule has 4 nitrogen and oxygen atoms in total. The molecule has 2 N–H and O–H groups in total. The maximum absolute atomic E-state index is 12.3. The zero-order valence-corrected chi connectivity index (χ0v) is 11.5. The molecule has 0 aromatic carbocycles. The fourth-order valence-corrected chi connectivity index (χ4v) is 3.82. The number of hydrogen-bond donors (Lipinski definition) is 2. The van der Waals surface area contributed by atoms with Crippen LogP contribution in [0.3, 0.4) is 0 Å². The first-order chi connectivity index (χ1) is 9.06. The molecule has 0 aliphatic carbocycles. The highest BCUT2D eigenvalue weighted by molar-refractivity contribution is 6.02. The summed E-state index contributed by atoms with van der Waals surface area (Å²) in [6.45, 7) is 3.54. The van der Waals surface area contributed by atoms with E-state index in [1.165, 1.54) is 12.6 Å². The normalized spacial score (nSPS) is 26.3. The van der Waals surface area contributed by atoms with Crippen molar-refractivity contribution in [3.05, 3.63) is 22.5 Å². The van der Waals surface area contributed by atoms with Crippen molar-refractivity contribution in [1.29, 1.82) is 0 Å². The summed E-state index contributed by atoms with van der Waals surface area (Å²) in [5, 5.41) is 19.9. The van der Waals surface area contributed by atoms with Crippen molar-refractivity contribution in [2.45, 2.75) is 64.2 Å². The summed E-state index contributed by atoms with van der Waals surface area (Å²) < 4.78 is 2.20. The lowest BCUT2D eigenvalue weighted by Crippen LogP contribution is -2.19. The molecule has 0 radical (unpaired) electrons. The van der Waals surface area contributed by atoms with E-state index in [1.54, 1.807) is 0 Å². The second-order valence-electron chi connectivity index (χ2n) is 5.75. The van der Waals surface area contributed by atoms with Crippen LogP contribution in [0, 0.1) is 0 Å². The molecule has 0 saturated carbocycles. The van der Waals surface area contributed by atoms with Crippen LogP contribution in [0.25, 0.3) is 0 Å². The topological polar surface area (TPSA) is 62.5 Å². The van der Waals surface area contributed by atoms with Gasteiger partial charge in [0.1, 0.15) is 6.10 Å². The lowest BCUT2D eigenvalue weighted by molar-refractivity contribution is 0.0772. The van der Waals surface area contributed by atoms with Gasteiger partial charge >= 0.3 is 0 Å². The molecular weight excluding hydrogens is 242 g/mol. The number of aliphatic hydroxyl groups excluding tert-OH is 2. The van der Waals surface area contributed by atoms with Gasteiger partial charge in [-0.1, -0.05) is 6.92 Å². The van der Waals surface area contributed by atoms with Crippen LogP contribution < -0.4 is 0 Å². The molecule has 0 amide bonds. The number of carbonyl (C=O) groups is 1. The van der Waals surface area contributed by atoms with E-state index >= 15 is 0 Å². The summed E-state index contributed by atoms with van der Waals surface area (Å²) in [6.07, 6.45) is 3.12. The van der Waals surface area contributed by atoms with Gasteiger partial charge in [-0.2, -0.15) is 0 Å². The van der Waals surface area contributed by atoms with E-state index in [9.17, 15) is 15.0 Å². The van der Waals surface area contributed by atoms with Gasteiger partial charge in [0.2, 0.25) is 0 Å². The predicted octanol–water partition coefficient (Wildman–Crippen LogP) is 1.93. The first kappa shape index (κ1) is 12.9. The molecule has 0 bridgehead atoms. The van der Waals surface area contributed by atoms with Crippen molar-refractivity contribution in [2.75, 3.05) is 0 Å². The van der Waals surface area contributed by atoms with Gasteiger partial charge in [0, 0.05) is 17.3 Å². The van der Waals surface area contributed by atoms with Gasteiger partial charge in [-0.25, -0.2) is 0 Å². The van der Waals surface area contributed by atoms with Crippen LogP contribution >= 0.6 is 0 Å². The minimum absolute atomic E-state index is 0.242. The van der Waals surface area contributed by atoms with Crippen LogP contribution in [0.2, 0.25) is 0 Å². The highest BCUT2D eigenvalue weighted by Crippen LogP contribution is 2.46. The minimum atomic E-state index is -1.00. The van der Waals surface area contributed by atoms with Gasteiger partial charge in [-0.3, -0.25) is 4.79 Å². The predicted molar refractivity (Wildman–Crippen MR) is 71.4 cm³/mol. The first-order valence-electron chi connectivity index (χ1n) is 7.22. The monoisotopic (exact) mass is 263 g/mol. The number of rotatable bonds is 3. The molecule has 4 heteroatoms. The second kappa shape index (κ2) is 4.46. The van der Waals surface area contributed by atoms with Crippen LogP contribution in [0.5, 0.6) is 0 Å². The summed E-state index contributed by atoms with van der Waals surface area (Å²) >= 11 is 0. The fourth-order valence-electron chi connectivity index (χ4n) is 3.82. The van der Waals surface area contributed by atoms with E-state index in [1.807, 2.05) is 6.92 Å². The van der Waals surface area contributed by atoms with E-state index < -0.39 is 12.2 Å². The van der Waals surface area contributed by atoms with Crippen molar-refractivity contribution in [3.63, 3.8) is 0 Å². The quantitative estimate of drug-likeness (QED) is 0.819.